The predicted octanol–water partition coefficient (Wildman–Crippen LogP) is 3.61. The lowest BCUT2D eigenvalue weighted by molar-refractivity contribution is -0.136. The number of nitrogens with zero attached hydrogens (tertiary/aromatic N) is 3. The van der Waals surface area contributed by atoms with Crippen LogP contribution in [0.15, 0.2) is 36.4 Å². The van der Waals surface area contributed by atoms with Crippen LogP contribution in [0.1, 0.15) is 49.5 Å². The summed E-state index contributed by atoms with van der Waals surface area (Å²) in [7, 11) is 1.53. The minimum absolute atomic E-state index is 0.0937. The second-order valence-corrected chi connectivity index (χ2v) is 11.4. The van der Waals surface area contributed by atoms with Gasteiger partial charge in [-0.15, -0.1) is 0 Å². The molecule has 0 spiro atoms. The Bertz CT molecular complexity index is 1140. The number of methoxy groups -OCH3 is 1. The summed E-state index contributed by atoms with van der Waals surface area (Å²) in [5, 5.41) is 14.1. The first kappa shape index (κ1) is 23.5. The van der Waals surface area contributed by atoms with Crippen molar-refractivity contribution in [2.75, 3.05) is 36.5 Å². The molecule has 1 amide bonds. The first-order valence-electron chi connectivity index (χ1n) is 13.2. The number of pyridine rings is 1. The first-order chi connectivity index (χ1) is 17.3. The Kier molecular flexibility index (Phi) is 5.82. The predicted molar refractivity (Wildman–Crippen MR) is 136 cm³/mol. The molecular weight excluding hydrogens is 459 g/mol. The molecular formula is C28H35FN4O3. The minimum Gasteiger partial charge on any atom is -0.497 e. The normalized spacial score (nSPS) is 33.1. The topological polar surface area (TPSA) is 77.9 Å². The highest BCUT2D eigenvalue weighted by Gasteiger charge is 2.55. The van der Waals surface area contributed by atoms with E-state index in [-0.39, 0.29) is 23.8 Å². The molecule has 5 aliphatic rings. The van der Waals surface area contributed by atoms with Crippen molar-refractivity contribution in [2.45, 2.75) is 56.7 Å². The average molecular weight is 495 g/mol. The molecule has 8 heteroatoms. The molecule has 2 aromatic rings. The third-order valence-electron chi connectivity index (χ3n) is 8.92. The largest absolute Gasteiger partial charge is 0.497 e. The maximum Gasteiger partial charge on any atom is 0.270 e. The summed E-state index contributed by atoms with van der Waals surface area (Å²) >= 11 is 0. The molecule has 1 aliphatic heterocycles. The average Bonchev–Trinajstić information content (AvgIpc) is 2.85. The number of halogens is 1. The van der Waals surface area contributed by atoms with Crippen molar-refractivity contribution in [3.63, 3.8) is 0 Å². The number of aromatic nitrogens is 1. The van der Waals surface area contributed by atoms with Gasteiger partial charge in [-0.3, -0.25) is 4.79 Å². The zero-order chi connectivity index (χ0) is 25.0. The zero-order valence-corrected chi connectivity index (χ0v) is 21.0. The van der Waals surface area contributed by atoms with Crippen LogP contribution in [0.5, 0.6) is 5.75 Å². The highest BCUT2D eigenvalue weighted by atomic mass is 19.1. The summed E-state index contributed by atoms with van der Waals surface area (Å²) in [5.74, 6) is 2.18. The van der Waals surface area contributed by atoms with E-state index >= 15 is 0 Å². The van der Waals surface area contributed by atoms with Crippen LogP contribution in [0, 0.1) is 23.6 Å². The van der Waals surface area contributed by atoms with E-state index in [2.05, 4.69) is 17.1 Å². The number of piperazine rings is 1. The number of hydrogen-bond donors (Lipinski definition) is 2. The number of ether oxygens (including phenoxy) is 1. The van der Waals surface area contributed by atoms with Crippen molar-refractivity contribution < 1.29 is 19.0 Å². The molecule has 3 unspecified atom stereocenters. The Labute approximate surface area is 211 Å². The maximum atomic E-state index is 14.6. The quantitative estimate of drug-likeness (QED) is 0.661. The molecule has 0 radical (unpaired) electrons. The van der Waals surface area contributed by atoms with Crippen LogP contribution in [0.2, 0.25) is 0 Å². The Hall–Kier alpha value is -2.87. The van der Waals surface area contributed by atoms with Crippen LogP contribution in [-0.2, 0) is 0 Å². The van der Waals surface area contributed by atoms with Crippen LogP contribution in [-0.4, -0.2) is 60.4 Å². The molecule has 1 aromatic carbocycles. The van der Waals surface area contributed by atoms with Gasteiger partial charge in [0.15, 0.2) is 0 Å². The van der Waals surface area contributed by atoms with Crippen molar-refractivity contribution in [1.82, 2.24) is 10.3 Å². The monoisotopic (exact) mass is 494 g/mol. The number of nitrogens with one attached hydrogen (secondary N) is 1. The lowest BCUT2D eigenvalue weighted by atomic mass is 9.52. The van der Waals surface area contributed by atoms with Crippen LogP contribution >= 0.6 is 0 Å². The van der Waals surface area contributed by atoms with Gasteiger partial charge < -0.3 is 25.0 Å². The Morgan fingerprint density at radius 2 is 1.94 bits per heavy atom. The van der Waals surface area contributed by atoms with Crippen LogP contribution in [0.25, 0.3) is 0 Å². The van der Waals surface area contributed by atoms with Crippen LogP contribution < -0.4 is 19.9 Å². The van der Waals surface area contributed by atoms with Gasteiger partial charge in [-0.2, -0.15) is 0 Å². The third-order valence-corrected chi connectivity index (χ3v) is 8.92. The fourth-order valence-corrected chi connectivity index (χ4v) is 7.54. The highest BCUT2D eigenvalue weighted by Crippen LogP contribution is 2.55. The van der Waals surface area contributed by atoms with Gasteiger partial charge in [0.2, 0.25) is 0 Å². The summed E-state index contributed by atoms with van der Waals surface area (Å²) in [6.45, 7) is 4.08. The number of carbonyl (C=O) groups is 1. The number of amides is 1. The van der Waals surface area contributed by atoms with E-state index in [0.29, 0.717) is 54.5 Å². The summed E-state index contributed by atoms with van der Waals surface area (Å²) in [6, 6.07) is 10.8. The van der Waals surface area contributed by atoms with E-state index in [1.165, 1.54) is 13.2 Å². The lowest BCUT2D eigenvalue weighted by Gasteiger charge is -2.58. The van der Waals surface area contributed by atoms with E-state index in [1.54, 1.807) is 18.2 Å². The maximum absolute atomic E-state index is 14.6. The van der Waals surface area contributed by atoms with Gasteiger partial charge in [0, 0.05) is 37.8 Å². The summed E-state index contributed by atoms with van der Waals surface area (Å²) < 4.78 is 19.8. The molecule has 4 saturated carbocycles. The number of aliphatic hydroxyl groups is 1. The van der Waals surface area contributed by atoms with Crippen molar-refractivity contribution in [2.24, 2.45) is 17.8 Å². The number of carbonyl (C=O) groups excluding carboxylic acids is 1. The summed E-state index contributed by atoms with van der Waals surface area (Å²) in [4.78, 5) is 22.2. The van der Waals surface area contributed by atoms with Gasteiger partial charge in [0.25, 0.3) is 5.91 Å². The van der Waals surface area contributed by atoms with Crippen molar-refractivity contribution >= 4 is 17.4 Å². The number of rotatable bonds is 5. The third kappa shape index (κ3) is 4.19. The molecule has 4 aliphatic carbocycles. The Morgan fingerprint density at radius 1 is 1.17 bits per heavy atom. The van der Waals surface area contributed by atoms with Gasteiger partial charge in [-0.25, -0.2) is 9.37 Å². The van der Waals surface area contributed by atoms with E-state index in [4.69, 9.17) is 9.72 Å². The van der Waals surface area contributed by atoms with Crippen molar-refractivity contribution in [3.05, 3.63) is 47.9 Å². The van der Waals surface area contributed by atoms with Gasteiger partial charge in [-0.05, 0) is 81.0 Å². The highest BCUT2D eigenvalue weighted by molar-refractivity contribution is 5.93. The molecule has 1 saturated heterocycles. The zero-order valence-electron chi connectivity index (χ0n) is 21.0. The SMILES string of the molecule is COc1ccc(N2CCN(c3cccc(C(=O)NC4C5CC6CC4CC(O)(C6)C5)n3)C(C)C2)c(F)c1. The lowest BCUT2D eigenvalue weighted by Crippen LogP contribution is -2.61. The summed E-state index contributed by atoms with van der Waals surface area (Å²) in [6.07, 6.45) is 4.74. The summed E-state index contributed by atoms with van der Waals surface area (Å²) in [5.41, 5.74) is 0.489. The molecule has 36 heavy (non-hydrogen) atoms. The minimum atomic E-state index is -0.511. The second-order valence-electron chi connectivity index (χ2n) is 11.4. The van der Waals surface area contributed by atoms with Gasteiger partial charge in [-0.1, -0.05) is 6.07 Å². The van der Waals surface area contributed by atoms with Crippen molar-refractivity contribution in [3.8, 4) is 5.75 Å². The fourth-order valence-electron chi connectivity index (χ4n) is 7.54. The Balaban J connectivity index is 1.13. The molecule has 5 fully saturated rings. The molecule has 3 atom stereocenters. The van der Waals surface area contributed by atoms with Gasteiger partial charge >= 0.3 is 0 Å². The second kappa shape index (κ2) is 8.91. The molecule has 2 N–H and O–H groups in total. The first-order valence-corrected chi connectivity index (χ1v) is 13.2. The van der Waals surface area contributed by atoms with E-state index in [1.807, 2.05) is 17.0 Å². The number of anilines is 2. The van der Waals surface area contributed by atoms with Crippen LogP contribution in [0.3, 0.4) is 0 Å². The van der Waals surface area contributed by atoms with Gasteiger partial charge in [0.05, 0.1) is 18.4 Å². The molecule has 4 bridgehead atoms. The molecule has 7 nitrogen and oxygen atoms in total. The van der Waals surface area contributed by atoms with Crippen molar-refractivity contribution in [1.29, 1.82) is 0 Å². The molecule has 192 valence electrons. The standard InChI is InChI=1S/C28H35FN4O3/c1-17-16-32(24-7-6-21(36-2)12-22(24)29)8-9-33(17)25-5-3-4-23(30-25)27(34)31-26-19-10-18-11-20(26)15-28(35,13-18)14-19/h3-7,12,17-20,26,35H,8-11,13-16H2,1-2H3,(H,31,34). The van der Waals surface area contributed by atoms with Gasteiger partial charge in [0.1, 0.15) is 23.1 Å². The van der Waals surface area contributed by atoms with Crippen LogP contribution in [0.4, 0.5) is 15.9 Å². The molecule has 2 heterocycles. The number of benzene rings is 1. The molecule has 7 rings (SSSR count). The van der Waals surface area contributed by atoms with E-state index in [9.17, 15) is 14.3 Å². The number of hydrogen-bond acceptors (Lipinski definition) is 6. The molecule has 1 aromatic heterocycles. The Morgan fingerprint density at radius 3 is 2.61 bits per heavy atom. The van der Waals surface area contributed by atoms with E-state index in [0.717, 1.165) is 37.9 Å². The fraction of sp³-hybridized carbons (Fsp3) is 0.571. The van der Waals surface area contributed by atoms with E-state index < -0.39 is 5.60 Å². The smallest absolute Gasteiger partial charge is 0.270 e.